The highest BCUT2D eigenvalue weighted by Gasteiger charge is 2.16. The predicted molar refractivity (Wildman–Crippen MR) is 109 cm³/mol. The zero-order valence-corrected chi connectivity index (χ0v) is 16.5. The molecule has 7 nitrogen and oxygen atoms in total. The summed E-state index contributed by atoms with van der Waals surface area (Å²) < 4.78 is 11.0. The van der Waals surface area contributed by atoms with Gasteiger partial charge < -0.3 is 19.6 Å². The topological polar surface area (TPSA) is 93.0 Å². The molecule has 148 valence electrons. The molecule has 1 atom stereocenters. The van der Waals surface area contributed by atoms with Crippen LogP contribution in [0.3, 0.4) is 0 Å². The van der Waals surface area contributed by atoms with Crippen molar-refractivity contribution in [3.8, 4) is 5.75 Å². The first-order valence-electron chi connectivity index (χ1n) is 9.41. The number of hydrogen-bond acceptors (Lipinski definition) is 5. The van der Waals surface area contributed by atoms with Crippen molar-refractivity contribution < 1.29 is 14.1 Å². The van der Waals surface area contributed by atoms with Crippen molar-refractivity contribution in [2.45, 2.75) is 33.4 Å². The Hall–Kier alpha value is -3.61. The summed E-state index contributed by atoms with van der Waals surface area (Å²) in [4.78, 5) is 20.5. The standard InChI is InChI=1S/C22H22N4O3/c1-13-18(15(3)29-26-13)12-28-17-8-6-7-16(11-17)22(27)23-14(2)21-24-19-9-4-5-10-20(19)25-21/h4-11,14H,12H2,1-3H3,(H,23,27)(H,24,25)/t14-/m0/s1. The summed E-state index contributed by atoms with van der Waals surface area (Å²) in [5, 5.41) is 6.90. The van der Waals surface area contributed by atoms with E-state index in [0.29, 0.717) is 23.7 Å². The molecule has 2 aromatic heterocycles. The molecule has 2 heterocycles. The van der Waals surface area contributed by atoms with Gasteiger partial charge in [0, 0.05) is 5.56 Å². The Bertz CT molecular complexity index is 1110. The lowest BCUT2D eigenvalue weighted by Gasteiger charge is -2.12. The minimum atomic E-state index is -0.262. The number of nitrogens with zero attached hydrogens (tertiary/aromatic N) is 2. The summed E-state index contributed by atoms with van der Waals surface area (Å²) in [5.74, 6) is 1.86. The maximum Gasteiger partial charge on any atom is 0.251 e. The number of H-pyrrole nitrogens is 1. The number of imidazole rings is 1. The van der Waals surface area contributed by atoms with Crippen LogP contribution in [0.2, 0.25) is 0 Å². The van der Waals surface area contributed by atoms with Crippen LogP contribution in [0.5, 0.6) is 5.75 Å². The Labute approximate surface area is 168 Å². The summed E-state index contributed by atoms with van der Waals surface area (Å²) in [6, 6.07) is 14.6. The average molecular weight is 390 g/mol. The van der Waals surface area contributed by atoms with Crippen molar-refractivity contribution in [1.29, 1.82) is 0 Å². The van der Waals surface area contributed by atoms with Crippen molar-refractivity contribution in [3.05, 3.63) is 76.9 Å². The molecule has 0 radical (unpaired) electrons. The molecule has 0 unspecified atom stereocenters. The van der Waals surface area contributed by atoms with Crippen LogP contribution in [0, 0.1) is 13.8 Å². The number of nitrogens with one attached hydrogen (secondary N) is 2. The number of ether oxygens (including phenoxy) is 1. The van der Waals surface area contributed by atoms with E-state index in [1.165, 1.54) is 0 Å². The number of fused-ring (bicyclic) bond motifs is 1. The van der Waals surface area contributed by atoms with Gasteiger partial charge in [0.15, 0.2) is 0 Å². The molecular weight excluding hydrogens is 368 g/mol. The summed E-state index contributed by atoms with van der Waals surface area (Å²) in [6.45, 7) is 5.95. The highest BCUT2D eigenvalue weighted by Crippen LogP contribution is 2.20. The minimum Gasteiger partial charge on any atom is -0.489 e. The fourth-order valence-corrected chi connectivity index (χ4v) is 3.12. The van der Waals surface area contributed by atoms with Crippen molar-refractivity contribution in [1.82, 2.24) is 20.4 Å². The quantitative estimate of drug-likeness (QED) is 0.514. The second-order valence-electron chi connectivity index (χ2n) is 6.95. The SMILES string of the molecule is Cc1noc(C)c1COc1cccc(C(=O)N[C@@H](C)c2nc3ccccc3[nH]2)c1. The van der Waals surface area contributed by atoms with Gasteiger partial charge in [-0.1, -0.05) is 23.4 Å². The van der Waals surface area contributed by atoms with E-state index >= 15 is 0 Å². The number of aromatic nitrogens is 3. The fourth-order valence-electron chi connectivity index (χ4n) is 3.12. The van der Waals surface area contributed by atoms with E-state index in [-0.39, 0.29) is 11.9 Å². The normalized spacial score (nSPS) is 12.1. The van der Waals surface area contributed by atoms with Crippen molar-refractivity contribution in [2.75, 3.05) is 0 Å². The number of amides is 1. The molecule has 29 heavy (non-hydrogen) atoms. The van der Waals surface area contributed by atoms with Gasteiger partial charge in [0.2, 0.25) is 0 Å². The monoisotopic (exact) mass is 390 g/mol. The largest absolute Gasteiger partial charge is 0.489 e. The number of carbonyl (C=O) groups excluding carboxylic acids is 1. The van der Waals surface area contributed by atoms with Crippen LogP contribution in [-0.2, 0) is 6.61 Å². The zero-order chi connectivity index (χ0) is 20.4. The first-order valence-corrected chi connectivity index (χ1v) is 9.41. The van der Waals surface area contributed by atoms with Gasteiger partial charge in [-0.3, -0.25) is 4.79 Å². The van der Waals surface area contributed by atoms with Crippen LogP contribution in [0.15, 0.2) is 53.1 Å². The van der Waals surface area contributed by atoms with Gasteiger partial charge in [0.25, 0.3) is 5.91 Å². The van der Waals surface area contributed by atoms with E-state index in [9.17, 15) is 4.79 Å². The van der Waals surface area contributed by atoms with Crippen LogP contribution in [-0.4, -0.2) is 21.0 Å². The molecule has 0 fully saturated rings. The molecule has 1 amide bonds. The van der Waals surface area contributed by atoms with Crippen LogP contribution in [0.4, 0.5) is 0 Å². The molecule has 0 spiro atoms. The van der Waals surface area contributed by atoms with Crippen LogP contribution in [0.25, 0.3) is 11.0 Å². The number of rotatable bonds is 6. The first-order chi connectivity index (χ1) is 14.0. The summed E-state index contributed by atoms with van der Waals surface area (Å²) in [7, 11) is 0. The van der Waals surface area contributed by atoms with E-state index in [4.69, 9.17) is 9.26 Å². The van der Waals surface area contributed by atoms with E-state index in [1.807, 2.05) is 51.1 Å². The van der Waals surface area contributed by atoms with Crippen LogP contribution >= 0.6 is 0 Å². The maximum atomic E-state index is 12.7. The predicted octanol–water partition coefficient (Wildman–Crippen LogP) is 4.24. The molecular formula is C22H22N4O3. The molecule has 4 aromatic rings. The molecule has 0 aliphatic carbocycles. The smallest absolute Gasteiger partial charge is 0.251 e. The molecule has 2 aromatic carbocycles. The van der Waals surface area contributed by atoms with Crippen LogP contribution < -0.4 is 10.1 Å². The second-order valence-corrected chi connectivity index (χ2v) is 6.95. The number of carbonyl (C=O) groups is 1. The molecule has 0 saturated heterocycles. The van der Waals surface area contributed by atoms with Gasteiger partial charge >= 0.3 is 0 Å². The lowest BCUT2D eigenvalue weighted by Crippen LogP contribution is -2.27. The zero-order valence-electron chi connectivity index (χ0n) is 16.5. The van der Waals surface area contributed by atoms with E-state index in [0.717, 1.165) is 28.1 Å². The molecule has 7 heteroatoms. The highest BCUT2D eigenvalue weighted by atomic mass is 16.5. The maximum absolute atomic E-state index is 12.7. The highest BCUT2D eigenvalue weighted by molar-refractivity contribution is 5.94. The Balaban J connectivity index is 1.43. The number of para-hydroxylation sites is 2. The van der Waals surface area contributed by atoms with Crippen LogP contribution in [0.1, 0.15) is 46.2 Å². The van der Waals surface area contributed by atoms with Crippen molar-refractivity contribution in [2.24, 2.45) is 0 Å². The molecule has 4 rings (SSSR count). The Kier molecular flexibility index (Phi) is 5.03. The molecule has 0 aliphatic rings. The number of benzene rings is 2. The Morgan fingerprint density at radius 3 is 2.79 bits per heavy atom. The number of hydrogen-bond donors (Lipinski definition) is 2. The number of aromatic amines is 1. The third-order valence-corrected chi connectivity index (χ3v) is 4.83. The van der Waals surface area contributed by atoms with Crippen molar-refractivity contribution >= 4 is 16.9 Å². The molecule has 2 N–H and O–H groups in total. The Morgan fingerprint density at radius 1 is 1.21 bits per heavy atom. The average Bonchev–Trinajstić information content (AvgIpc) is 3.30. The fraction of sp³-hybridized carbons (Fsp3) is 0.227. The minimum absolute atomic E-state index is 0.194. The molecule has 0 bridgehead atoms. The third kappa shape index (κ3) is 3.99. The molecule has 0 aliphatic heterocycles. The summed E-state index contributed by atoms with van der Waals surface area (Å²) >= 11 is 0. The molecule has 0 saturated carbocycles. The lowest BCUT2D eigenvalue weighted by atomic mass is 10.2. The van der Waals surface area contributed by atoms with Gasteiger partial charge in [0.05, 0.1) is 28.3 Å². The second kappa shape index (κ2) is 7.79. The third-order valence-electron chi connectivity index (χ3n) is 4.83. The van der Waals surface area contributed by atoms with Gasteiger partial charge in [-0.2, -0.15) is 0 Å². The van der Waals surface area contributed by atoms with E-state index < -0.39 is 0 Å². The summed E-state index contributed by atoms with van der Waals surface area (Å²) in [6.07, 6.45) is 0. The summed E-state index contributed by atoms with van der Waals surface area (Å²) in [5.41, 5.74) is 4.05. The van der Waals surface area contributed by atoms with Gasteiger partial charge in [-0.25, -0.2) is 4.98 Å². The van der Waals surface area contributed by atoms with E-state index in [2.05, 4.69) is 20.4 Å². The lowest BCUT2D eigenvalue weighted by molar-refractivity contribution is 0.0938. The number of aryl methyl sites for hydroxylation is 2. The first kappa shape index (κ1) is 18.7. The van der Waals surface area contributed by atoms with Gasteiger partial charge in [-0.05, 0) is 51.1 Å². The van der Waals surface area contributed by atoms with Gasteiger partial charge in [0.1, 0.15) is 23.9 Å². The van der Waals surface area contributed by atoms with Crippen molar-refractivity contribution in [3.63, 3.8) is 0 Å². The van der Waals surface area contributed by atoms with E-state index in [1.54, 1.807) is 18.2 Å². The Morgan fingerprint density at radius 2 is 2.03 bits per heavy atom. The van der Waals surface area contributed by atoms with Gasteiger partial charge in [-0.15, -0.1) is 0 Å².